The summed E-state index contributed by atoms with van der Waals surface area (Å²) in [6.07, 6.45) is 0. The van der Waals surface area contributed by atoms with Crippen LogP contribution in [0.5, 0.6) is 11.5 Å². The highest BCUT2D eigenvalue weighted by atomic mass is 127. The van der Waals surface area contributed by atoms with Gasteiger partial charge in [0.2, 0.25) is 0 Å². The van der Waals surface area contributed by atoms with Crippen LogP contribution in [0.4, 0.5) is 5.69 Å². The maximum atomic E-state index is 12.7. The minimum Gasteiger partial charge on any atom is -0.478 e. The van der Waals surface area contributed by atoms with Gasteiger partial charge < -0.3 is 20.3 Å². The molecule has 1 amide bonds. The van der Waals surface area contributed by atoms with E-state index in [0.717, 1.165) is 15.7 Å². The van der Waals surface area contributed by atoms with Gasteiger partial charge in [0.05, 0.1) is 27.4 Å². The Morgan fingerprint density at radius 3 is 2.27 bits per heavy atom. The lowest BCUT2D eigenvalue weighted by Crippen LogP contribution is -2.13. The van der Waals surface area contributed by atoms with Crippen molar-refractivity contribution in [1.82, 2.24) is 0 Å². The molecule has 0 fully saturated rings. The van der Waals surface area contributed by atoms with Crippen molar-refractivity contribution < 1.29 is 29.3 Å². The van der Waals surface area contributed by atoms with Gasteiger partial charge in [-0.25, -0.2) is 9.59 Å². The Bertz CT molecular complexity index is 1160. The van der Waals surface area contributed by atoms with Gasteiger partial charge in [-0.3, -0.25) is 4.79 Å². The third-order valence-corrected chi connectivity index (χ3v) is 4.99. The molecule has 30 heavy (non-hydrogen) atoms. The molecule has 9 heteroatoms. The van der Waals surface area contributed by atoms with Crippen LogP contribution >= 0.6 is 34.2 Å². The van der Waals surface area contributed by atoms with Crippen LogP contribution in [0.1, 0.15) is 31.1 Å². The number of carboxylic acid groups (broad SMARTS) is 2. The van der Waals surface area contributed by atoms with Gasteiger partial charge in [0.15, 0.2) is 5.75 Å². The van der Waals surface area contributed by atoms with E-state index in [9.17, 15) is 19.5 Å². The lowest BCUT2D eigenvalue weighted by Gasteiger charge is -2.14. The second kappa shape index (κ2) is 9.14. The molecule has 0 aliphatic heterocycles. The first-order chi connectivity index (χ1) is 14.3. The number of carbonyl (C=O) groups excluding carboxylic acids is 1. The Labute approximate surface area is 189 Å². The van der Waals surface area contributed by atoms with Crippen LogP contribution in [0.2, 0.25) is 5.02 Å². The summed E-state index contributed by atoms with van der Waals surface area (Å²) >= 11 is 8.19. The van der Waals surface area contributed by atoms with E-state index in [-0.39, 0.29) is 22.6 Å². The standard InChI is InChI=1S/C21H13ClINO6/c22-16-8-5-11(23)9-15(16)19(25)24-17-3-1-2-4-18(17)30-12-6-7-13(20(26)27)14(10-12)21(28)29/h1-10H,(H,24,25)(H,26,27)(H,28,29). The first-order valence-corrected chi connectivity index (χ1v) is 9.86. The number of benzene rings is 3. The lowest BCUT2D eigenvalue weighted by molar-refractivity contribution is 0.0651. The quantitative estimate of drug-likeness (QED) is 0.364. The molecule has 3 aromatic rings. The molecule has 0 saturated heterocycles. The highest BCUT2D eigenvalue weighted by Gasteiger charge is 2.18. The van der Waals surface area contributed by atoms with Crippen molar-refractivity contribution in [3.8, 4) is 11.5 Å². The predicted octanol–water partition coefficient (Wildman–Crippen LogP) is 5.39. The van der Waals surface area contributed by atoms with Gasteiger partial charge in [0, 0.05) is 3.57 Å². The number of hydrogen-bond donors (Lipinski definition) is 3. The zero-order valence-electron chi connectivity index (χ0n) is 15.1. The highest BCUT2D eigenvalue weighted by molar-refractivity contribution is 14.1. The molecular formula is C21H13ClINO6. The van der Waals surface area contributed by atoms with E-state index in [4.69, 9.17) is 21.4 Å². The average molecular weight is 538 g/mol. The van der Waals surface area contributed by atoms with E-state index in [0.29, 0.717) is 10.7 Å². The Hall–Kier alpha value is -3.11. The van der Waals surface area contributed by atoms with Crippen LogP contribution in [0.3, 0.4) is 0 Å². The van der Waals surface area contributed by atoms with Crippen LogP contribution in [0.15, 0.2) is 60.7 Å². The van der Waals surface area contributed by atoms with E-state index in [1.807, 2.05) is 0 Å². The molecule has 3 N–H and O–H groups in total. The predicted molar refractivity (Wildman–Crippen MR) is 119 cm³/mol. The molecular weight excluding hydrogens is 525 g/mol. The largest absolute Gasteiger partial charge is 0.478 e. The van der Waals surface area contributed by atoms with Gasteiger partial charge in [0.1, 0.15) is 5.75 Å². The van der Waals surface area contributed by atoms with Gasteiger partial charge in [-0.05, 0) is 71.1 Å². The molecule has 0 aliphatic rings. The number of anilines is 1. The van der Waals surface area contributed by atoms with Crippen molar-refractivity contribution in [3.63, 3.8) is 0 Å². The van der Waals surface area contributed by atoms with E-state index in [2.05, 4.69) is 27.9 Å². The fourth-order valence-electron chi connectivity index (χ4n) is 2.60. The molecule has 7 nitrogen and oxygen atoms in total. The molecule has 3 rings (SSSR count). The Morgan fingerprint density at radius 2 is 1.57 bits per heavy atom. The van der Waals surface area contributed by atoms with Crippen LogP contribution < -0.4 is 10.1 Å². The van der Waals surface area contributed by atoms with Gasteiger partial charge in [-0.2, -0.15) is 0 Å². The summed E-state index contributed by atoms with van der Waals surface area (Å²) in [6, 6.07) is 15.2. The third-order valence-electron chi connectivity index (χ3n) is 3.99. The second-order valence-corrected chi connectivity index (χ2v) is 7.65. The number of carbonyl (C=O) groups is 3. The highest BCUT2D eigenvalue weighted by Crippen LogP contribution is 2.31. The Balaban J connectivity index is 1.90. The molecule has 0 saturated carbocycles. The van der Waals surface area contributed by atoms with E-state index in [1.165, 1.54) is 6.07 Å². The van der Waals surface area contributed by atoms with Crippen molar-refractivity contribution in [2.45, 2.75) is 0 Å². The third kappa shape index (κ3) is 4.89. The van der Waals surface area contributed by atoms with E-state index in [1.54, 1.807) is 42.5 Å². The molecule has 0 aromatic heterocycles. The van der Waals surface area contributed by atoms with Crippen LogP contribution in [-0.4, -0.2) is 28.1 Å². The normalized spacial score (nSPS) is 10.3. The minimum atomic E-state index is -1.40. The molecule has 152 valence electrons. The number of hydrogen-bond acceptors (Lipinski definition) is 4. The number of rotatable bonds is 6. The molecule has 0 radical (unpaired) electrons. The fraction of sp³-hybridized carbons (Fsp3) is 0. The SMILES string of the molecule is O=C(Nc1ccccc1Oc1ccc(C(=O)O)c(C(=O)O)c1)c1cc(I)ccc1Cl. The summed E-state index contributed by atoms with van der Waals surface area (Å²) < 4.78 is 6.56. The fourth-order valence-corrected chi connectivity index (χ4v) is 3.29. The molecule has 0 spiro atoms. The van der Waals surface area contributed by atoms with Crippen molar-refractivity contribution in [2.24, 2.45) is 0 Å². The number of ether oxygens (including phenoxy) is 1. The maximum absolute atomic E-state index is 12.7. The average Bonchev–Trinajstić information content (AvgIpc) is 2.71. The summed E-state index contributed by atoms with van der Waals surface area (Å²) in [5, 5.41) is 21.4. The maximum Gasteiger partial charge on any atom is 0.336 e. The first kappa shape index (κ1) is 21.6. The van der Waals surface area contributed by atoms with Crippen LogP contribution in [0, 0.1) is 3.57 Å². The molecule has 0 heterocycles. The summed E-state index contributed by atoms with van der Waals surface area (Å²) in [5.74, 6) is -2.85. The van der Waals surface area contributed by atoms with Gasteiger partial charge in [-0.1, -0.05) is 23.7 Å². The number of nitrogens with one attached hydrogen (secondary N) is 1. The van der Waals surface area contributed by atoms with E-state index < -0.39 is 23.4 Å². The van der Waals surface area contributed by atoms with Crippen molar-refractivity contribution in [2.75, 3.05) is 5.32 Å². The smallest absolute Gasteiger partial charge is 0.336 e. The number of amides is 1. The molecule has 0 bridgehead atoms. The number of para-hydroxylation sites is 2. The monoisotopic (exact) mass is 537 g/mol. The van der Waals surface area contributed by atoms with Gasteiger partial charge >= 0.3 is 11.9 Å². The van der Waals surface area contributed by atoms with Crippen molar-refractivity contribution in [3.05, 3.63) is 85.9 Å². The first-order valence-electron chi connectivity index (χ1n) is 8.40. The number of halogens is 2. The van der Waals surface area contributed by atoms with Gasteiger partial charge in [-0.15, -0.1) is 0 Å². The van der Waals surface area contributed by atoms with Crippen molar-refractivity contribution >= 4 is 57.7 Å². The number of carboxylic acids is 2. The summed E-state index contributed by atoms with van der Waals surface area (Å²) in [4.78, 5) is 35.2. The molecule has 3 aromatic carbocycles. The Morgan fingerprint density at radius 1 is 0.867 bits per heavy atom. The van der Waals surface area contributed by atoms with Crippen LogP contribution in [-0.2, 0) is 0 Å². The molecule has 0 aliphatic carbocycles. The Kier molecular flexibility index (Phi) is 6.58. The zero-order valence-corrected chi connectivity index (χ0v) is 18.0. The number of aromatic carboxylic acids is 2. The topological polar surface area (TPSA) is 113 Å². The summed E-state index contributed by atoms with van der Waals surface area (Å²) in [7, 11) is 0. The van der Waals surface area contributed by atoms with Crippen LogP contribution in [0.25, 0.3) is 0 Å². The zero-order chi connectivity index (χ0) is 21.8. The minimum absolute atomic E-state index is 0.103. The second-order valence-electron chi connectivity index (χ2n) is 5.99. The summed E-state index contributed by atoms with van der Waals surface area (Å²) in [6.45, 7) is 0. The lowest BCUT2D eigenvalue weighted by atomic mass is 10.1. The molecule has 0 unspecified atom stereocenters. The van der Waals surface area contributed by atoms with Gasteiger partial charge in [0.25, 0.3) is 5.91 Å². The van der Waals surface area contributed by atoms with Crippen molar-refractivity contribution in [1.29, 1.82) is 0 Å². The van der Waals surface area contributed by atoms with E-state index >= 15 is 0 Å². The molecule has 0 atom stereocenters. The summed E-state index contributed by atoms with van der Waals surface area (Å²) in [5.41, 5.74) is -0.147.